The Bertz CT molecular complexity index is 532. The predicted molar refractivity (Wildman–Crippen MR) is 72.9 cm³/mol. The van der Waals surface area contributed by atoms with Crippen LogP contribution in [0.2, 0.25) is 0 Å². The van der Waals surface area contributed by atoms with Gasteiger partial charge in [-0.15, -0.1) is 6.58 Å². The van der Waals surface area contributed by atoms with Gasteiger partial charge in [-0.3, -0.25) is 4.79 Å². The number of hydrogen-bond acceptors (Lipinski definition) is 4. The maximum atomic E-state index is 13.7. The molecule has 0 radical (unpaired) electrons. The summed E-state index contributed by atoms with van der Waals surface area (Å²) in [7, 11) is 1.29. The standard InChI is InChI=1S/C14H16FNO5/c1-3-7-21-8-10(14(18)19)16-13(17)12-9(15)5-4-6-11(12)20-2/h3-6,10H,1,7-8H2,2H3,(H,16,17)(H,18,19). The molecule has 21 heavy (non-hydrogen) atoms. The summed E-state index contributed by atoms with van der Waals surface area (Å²) in [6.45, 7) is 3.30. The Morgan fingerprint density at radius 3 is 2.81 bits per heavy atom. The molecule has 0 aliphatic carbocycles. The van der Waals surface area contributed by atoms with Crippen molar-refractivity contribution in [2.24, 2.45) is 0 Å². The minimum atomic E-state index is -1.30. The van der Waals surface area contributed by atoms with E-state index >= 15 is 0 Å². The van der Waals surface area contributed by atoms with Gasteiger partial charge in [0.25, 0.3) is 5.91 Å². The van der Waals surface area contributed by atoms with Crippen molar-refractivity contribution >= 4 is 11.9 Å². The first-order valence-corrected chi connectivity index (χ1v) is 6.06. The fourth-order valence-electron chi connectivity index (χ4n) is 1.57. The second kappa shape index (κ2) is 8.01. The molecule has 7 heteroatoms. The highest BCUT2D eigenvalue weighted by Gasteiger charge is 2.24. The number of amides is 1. The van der Waals surface area contributed by atoms with E-state index in [4.69, 9.17) is 14.6 Å². The highest BCUT2D eigenvalue weighted by Crippen LogP contribution is 2.21. The van der Waals surface area contributed by atoms with Crippen molar-refractivity contribution in [3.05, 3.63) is 42.2 Å². The van der Waals surface area contributed by atoms with Gasteiger partial charge in [-0.1, -0.05) is 12.1 Å². The van der Waals surface area contributed by atoms with E-state index in [0.29, 0.717) is 0 Å². The van der Waals surface area contributed by atoms with Gasteiger partial charge in [-0.2, -0.15) is 0 Å². The van der Waals surface area contributed by atoms with Crippen LogP contribution in [0, 0.1) is 5.82 Å². The molecule has 2 N–H and O–H groups in total. The molecule has 1 atom stereocenters. The summed E-state index contributed by atoms with van der Waals surface area (Å²) in [5, 5.41) is 11.2. The van der Waals surface area contributed by atoms with Crippen molar-refractivity contribution in [3.63, 3.8) is 0 Å². The number of carbonyl (C=O) groups excluding carboxylic acids is 1. The van der Waals surface area contributed by atoms with Gasteiger partial charge in [0.15, 0.2) is 6.04 Å². The minimum absolute atomic E-state index is 0.0173. The van der Waals surface area contributed by atoms with Crippen molar-refractivity contribution in [3.8, 4) is 5.75 Å². The van der Waals surface area contributed by atoms with Crippen LogP contribution in [0.1, 0.15) is 10.4 Å². The second-order valence-corrected chi connectivity index (χ2v) is 4.01. The Morgan fingerprint density at radius 1 is 1.52 bits per heavy atom. The lowest BCUT2D eigenvalue weighted by molar-refractivity contribution is -0.140. The summed E-state index contributed by atoms with van der Waals surface area (Å²) >= 11 is 0. The molecule has 1 aromatic rings. The molecular weight excluding hydrogens is 281 g/mol. The Hall–Kier alpha value is -2.41. The van der Waals surface area contributed by atoms with Crippen LogP contribution in [-0.4, -0.2) is 43.3 Å². The second-order valence-electron chi connectivity index (χ2n) is 4.01. The molecule has 0 spiro atoms. The molecule has 0 heterocycles. The van der Waals surface area contributed by atoms with E-state index in [9.17, 15) is 14.0 Å². The molecule has 0 aromatic heterocycles. The molecule has 0 aliphatic rings. The normalized spacial score (nSPS) is 11.5. The van der Waals surface area contributed by atoms with E-state index in [1.807, 2.05) is 0 Å². The molecule has 0 fully saturated rings. The van der Waals surface area contributed by atoms with Crippen molar-refractivity contribution < 1.29 is 28.6 Å². The van der Waals surface area contributed by atoms with E-state index in [1.54, 1.807) is 0 Å². The van der Waals surface area contributed by atoms with Crippen LogP contribution in [-0.2, 0) is 9.53 Å². The van der Waals surface area contributed by atoms with Gasteiger partial charge in [0, 0.05) is 0 Å². The summed E-state index contributed by atoms with van der Waals surface area (Å²) in [5.41, 5.74) is -0.352. The summed E-state index contributed by atoms with van der Waals surface area (Å²) in [6.07, 6.45) is 1.45. The van der Waals surface area contributed by atoms with Crippen LogP contribution in [0.3, 0.4) is 0 Å². The monoisotopic (exact) mass is 297 g/mol. The summed E-state index contributed by atoms with van der Waals surface area (Å²) in [6, 6.07) is 2.57. The topological polar surface area (TPSA) is 84.9 Å². The largest absolute Gasteiger partial charge is 0.496 e. The summed E-state index contributed by atoms with van der Waals surface area (Å²) in [5.74, 6) is -2.96. The maximum Gasteiger partial charge on any atom is 0.328 e. The molecule has 1 amide bonds. The first kappa shape index (κ1) is 16.6. The smallest absolute Gasteiger partial charge is 0.328 e. The zero-order valence-corrected chi connectivity index (χ0v) is 11.5. The van der Waals surface area contributed by atoms with Crippen LogP contribution >= 0.6 is 0 Å². The van der Waals surface area contributed by atoms with Gasteiger partial charge in [0.1, 0.15) is 17.1 Å². The number of hydrogen-bond donors (Lipinski definition) is 2. The highest BCUT2D eigenvalue weighted by molar-refractivity contribution is 5.99. The zero-order valence-electron chi connectivity index (χ0n) is 11.5. The third-order valence-corrected chi connectivity index (χ3v) is 2.55. The van der Waals surface area contributed by atoms with Gasteiger partial charge in [-0.25, -0.2) is 9.18 Å². The number of halogens is 1. The summed E-state index contributed by atoms with van der Waals surface area (Å²) in [4.78, 5) is 23.1. The molecule has 0 saturated heterocycles. The number of benzene rings is 1. The van der Waals surface area contributed by atoms with Crippen LogP contribution in [0.25, 0.3) is 0 Å². The van der Waals surface area contributed by atoms with Crippen LogP contribution in [0.15, 0.2) is 30.9 Å². The molecule has 114 valence electrons. The number of methoxy groups -OCH3 is 1. The Morgan fingerprint density at radius 2 is 2.24 bits per heavy atom. The van der Waals surface area contributed by atoms with Crippen molar-refractivity contribution in [2.75, 3.05) is 20.3 Å². The molecule has 1 rings (SSSR count). The molecule has 0 saturated carbocycles. The van der Waals surface area contributed by atoms with Crippen LogP contribution < -0.4 is 10.1 Å². The third kappa shape index (κ3) is 4.57. The molecule has 0 aliphatic heterocycles. The number of carbonyl (C=O) groups is 2. The first-order chi connectivity index (χ1) is 10.0. The fraction of sp³-hybridized carbons (Fsp3) is 0.286. The van der Waals surface area contributed by atoms with Gasteiger partial charge in [0.2, 0.25) is 0 Å². The Kier molecular flexibility index (Phi) is 6.35. The van der Waals surface area contributed by atoms with Crippen molar-refractivity contribution in [1.82, 2.24) is 5.32 Å². The highest BCUT2D eigenvalue weighted by atomic mass is 19.1. The Labute approximate surface area is 121 Å². The maximum absolute atomic E-state index is 13.7. The lowest BCUT2D eigenvalue weighted by Crippen LogP contribution is -2.44. The quantitative estimate of drug-likeness (QED) is 0.556. The number of carboxylic acids is 1. The van der Waals surface area contributed by atoms with Crippen molar-refractivity contribution in [2.45, 2.75) is 6.04 Å². The van der Waals surface area contributed by atoms with Crippen LogP contribution in [0.5, 0.6) is 5.75 Å². The van der Waals surface area contributed by atoms with Crippen LogP contribution in [0.4, 0.5) is 4.39 Å². The average molecular weight is 297 g/mol. The number of carboxylic acid groups (broad SMARTS) is 1. The molecular formula is C14H16FNO5. The Balaban J connectivity index is 2.87. The van der Waals surface area contributed by atoms with Gasteiger partial charge in [-0.05, 0) is 12.1 Å². The molecule has 0 bridgehead atoms. The van der Waals surface area contributed by atoms with E-state index in [-0.39, 0.29) is 24.5 Å². The first-order valence-electron chi connectivity index (χ1n) is 6.06. The van der Waals surface area contributed by atoms with Gasteiger partial charge < -0.3 is 19.9 Å². The summed E-state index contributed by atoms with van der Waals surface area (Å²) < 4.78 is 23.6. The molecule has 1 unspecified atom stereocenters. The number of ether oxygens (including phenoxy) is 2. The average Bonchev–Trinajstić information content (AvgIpc) is 2.45. The number of nitrogens with one attached hydrogen (secondary N) is 1. The van der Waals surface area contributed by atoms with E-state index in [1.165, 1.54) is 25.3 Å². The molecule has 1 aromatic carbocycles. The lowest BCUT2D eigenvalue weighted by atomic mass is 10.1. The van der Waals surface area contributed by atoms with E-state index in [0.717, 1.165) is 6.07 Å². The van der Waals surface area contributed by atoms with E-state index in [2.05, 4.69) is 11.9 Å². The van der Waals surface area contributed by atoms with Gasteiger partial charge >= 0.3 is 5.97 Å². The SMILES string of the molecule is C=CCOCC(NC(=O)c1c(F)cccc1OC)C(=O)O. The number of aliphatic carboxylic acids is 1. The van der Waals surface area contributed by atoms with E-state index < -0.39 is 23.7 Å². The predicted octanol–water partition coefficient (Wildman–Crippen LogP) is 1.22. The van der Waals surface area contributed by atoms with Crippen molar-refractivity contribution in [1.29, 1.82) is 0 Å². The van der Waals surface area contributed by atoms with Gasteiger partial charge in [0.05, 0.1) is 20.3 Å². The molecule has 6 nitrogen and oxygen atoms in total. The zero-order chi connectivity index (χ0) is 15.8. The number of rotatable bonds is 8. The third-order valence-electron chi connectivity index (χ3n) is 2.55. The fourth-order valence-corrected chi connectivity index (χ4v) is 1.57. The minimum Gasteiger partial charge on any atom is -0.496 e. The lowest BCUT2D eigenvalue weighted by Gasteiger charge is -2.16.